The summed E-state index contributed by atoms with van der Waals surface area (Å²) in [5, 5.41) is 0. The summed E-state index contributed by atoms with van der Waals surface area (Å²) in [6, 6.07) is 9.65. The van der Waals surface area contributed by atoms with E-state index >= 15 is 0 Å². The molecule has 1 aliphatic rings. The van der Waals surface area contributed by atoms with Crippen LogP contribution in [0.1, 0.15) is 36.2 Å². The molecule has 0 radical (unpaired) electrons. The number of hydrogen-bond donors (Lipinski definition) is 0. The van der Waals surface area contributed by atoms with Gasteiger partial charge in [-0.15, -0.1) is 0 Å². The number of carbonyl (C=O) groups is 1. The minimum Gasteiger partial charge on any atom is -0.487 e. The maximum Gasteiger partial charge on any atom is 0.346 e. The second kappa shape index (κ2) is 7.03. The number of halogens is 1. The van der Waals surface area contributed by atoms with Crippen molar-refractivity contribution in [2.24, 2.45) is 0 Å². The third-order valence-electron chi connectivity index (χ3n) is 4.74. The van der Waals surface area contributed by atoms with Crippen LogP contribution in [0, 0.1) is 5.82 Å². The molecule has 3 aromatic rings. The lowest BCUT2D eigenvalue weighted by molar-refractivity contribution is 0.0707. The molecule has 0 bridgehead atoms. The average Bonchev–Trinajstić information content (AvgIpc) is 2.67. The third kappa shape index (κ3) is 3.58. The van der Waals surface area contributed by atoms with Crippen molar-refractivity contribution < 1.29 is 18.7 Å². The quantitative estimate of drug-likeness (QED) is 0.492. The van der Waals surface area contributed by atoms with Crippen molar-refractivity contribution in [3.8, 4) is 22.6 Å². The Labute approximate surface area is 162 Å². The molecule has 0 saturated heterocycles. The van der Waals surface area contributed by atoms with Crippen molar-refractivity contribution in [3.05, 3.63) is 72.1 Å². The zero-order chi connectivity index (χ0) is 19.7. The fraction of sp³-hybridized carbons (Fsp3) is 0.227. The van der Waals surface area contributed by atoms with E-state index in [0.29, 0.717) is 22.6 Å². The van der Waals surface area contributed by atoms with E-state index in [9.17, 15) is 9.18 Å². The number of fused-ring (bicyclic) bond motifs is 1. The first-order valence-electron chi connectivity index (χ1n) is 9.01. The Morgan fingerprint density at radius 1 is 1.14 bits per heavy atom. The summed E-state index contributed by atoms with van der Waals surface area (Å²) >= 11 is 0. The largest absolute Gasteiger partial charge is 0.487 e. The number of ether oxygens (including phenoxy) is 2. The molecule has 1 aromatic heterocycles. The van der Waals surface area contributed by atoms with Crippen molar-refractivity contribution >= 4 is 5.97 Å². The third-order valence-corrected chi connectivity index (χ3v) is 4.74. The minimum absolute atomic E-state index is 0.129. The molecular formula is C22H19FN2O3. The van der Waals surface area contributed by atoms with E-state index in [2.05, 4.69) is 9.97 Å². The molecule has 0 spiro atoms. The van der Waals surface area contributed by atoms with E-state index in [1.54, 1.807) is 30.6 Å². The topological polar surface area (TPSA) is 61.3 Å². The number of benzene rings is 2. The van der Waals surface area contributed by atoms with Gasteiger partial charge >= 0.3 is 5.97 Å². The first kappa shape index (κ1) is 18.1. The first-order chi connectivity index (χ1) is 13.4. The van der Waals surface area contributed by atoms with Gasteiger partial charge < -0.3 is 9.47 Å². The highest BCUT2D eigenvalue weighted by Gasteiger charge is 2.29. The molecule has 0 saturated carbocycles. The van der Waals surface area contributed by atoms with E-state index in [4.69, 9.17) is 9.47 Å². The molecule has 2 heterocycles. The summed E-state index contributed by atoms with van der Waals surface area (Å²) in [4.78, 5) is 20.4. The summed E-state index contributed by atoms with van der Waals surface area (Å²) in [5.74, 6) is -0.306. The monoisotopic (exact) mass is 378 g/mol. The molecule has 0 unspecified atom stereocenters. The van der Waals surface area contributed by atoms with Crippen LogP contribution < -0.4 is 9.47 Å². The molecule has 0 fully saturated rings. The standard InChI is InChI=1S/C22H19FN2O3/c1-22(2)9-8-17-19(4-3-5-20(17)28-22)27-21(26)16-7-6-14(10-18(16)23)15-11-24-13-25-12-15/h3-7,10-13H,8-9H2,1-2H3. The lowest BCUT2D eigenvalue weighted by Gasteiger charge is -2.33. The summed E-state index contributed by atoms with van der Waals surface area (Å²) in [7, 11) is 0. The van der Waals surface area contributed by atoms with Crippen LogP contribution in [-0.2, 0) is 6.42 Å². The molecule has 4 rings (SSSR count). The van der Waals surface area contributed by atoms with Gasteiger partial charge in [0.15, 0.2) is 0 Å². The van der Waals surface area contributed by atoms with Crippen LogP contribution in [0.3, 0.4) is 0 Å². The zero-order valence-corrected chi connectivity index (χ0v) is 15.6. The van der Waals surface area contributed by atoms with Gasteiger partial charge in [0, 0.05) is 23.5 Å². The Morgan fingerprint density at radius 2 is 1.93 bits per heavy atom. The SMILES string of the molecule is CC1(C)CCc2c(OC(=O)c3ccc(-c4cncnc4)cc3F)cccc2O1. The number of aromatic nitrogens is 2. The molecule has 0 aliphatic carbocycles. The molecule has 0 amide bonds. The van der Waals surface area contributed by atoms with Crippen LogP contribution in [0.4, 0.5) is 4.39 Å². The van der Waals surface area contributed by atoms with Gasteiger partial charge in [-0.25, -0.2) is 19.2 Å². The molecule has 6 heteroatoms. The molecule has 2 aromatic carbocycles. The Bertz CT molecular complexity index is 1040. The van der Waals surface area contributed by atoms with Crippen LogP contribution in [0.25, 0.3) is 11.1 Å². The molecule has 5 nitrogen and oxygen atoms in total. The summed E-state index contributed by atoms with van der Waals surface area (Å²) in [6.07, 6.45) is 6.09. The van der Waals surface area contributed by atoms with E-state index in [1.807, 2.05) is 19.9 Å². The van der Waals surface area contributed by atoms with Crippen LogP contribution in [-0.4, -0.2) is 21.5 Å². The molecule has 0 N–H and O–H groups in total. The lowest BCUT2D eigenvalue weighted by Crippen LogP contribution is -2.32. The maximum atomic E-state index is 14.6. The van der Waals surface area contributed by atoms with Crippen molar-refractivity contribution in [1.29, 1.82) is 0 Å². The summed E-state index contributed by atoms with van der Waals surface area (Å²) < 4.78 is 26.0. The minimum atomic E-state index is -0.744. The molecule has 142 valence electrons. The number of carbonyl (C=O) groups excluding carboxylic acids is 1. The molecule has 1 aliphatic heterocycles. The highest BCUT2D eigenvalue weighted by atomic mass is 19.1. The fourth-order valence-corrected chi connectivity index (χ4v) is 3.22. The van der Waals surface area contributed by atoms with E-state index < -0.39 is 11.8 Å². The van der Waals surface area contributed by atoms with E-state index in [-0.39, 0.29) is 11.2 Å². The van der Waals surface area contributed by atoms with Crippen molar-refractivity contribution in [2.75, 3.05) is 0 Å². The zero-order valence-electron chi connectivity index (χ0n) is 15.6. The highest BCUT2D eigenvalue weighted by Crippen LogP contribution is 2.38. The second-order valence-corrected chi connectivity index (χ2v) is 7.31. The predicted molar refractivity (Wildman–Crippen MR) is 102 cm³/mol. The van der Waals surface area contributed by atoms with Crippen molar-refractivity contribution in [2.45, 2.75) is 32.3 Å². The maximum absolute atomic E-state index is 14.6. The van der Waals surface area contributed by atoms with E-state index in [0.717, 1.165) is 18.4 Å². The van der Waals surface area contributed by atoms with Crippen LogP contribution in [0.2, 0.25) is 0 Å². The summed E-state index contributed by atoms with van der Waals surface area (Å²) in [5.41, 5.74) is 1.68. The second-order valence-electron chi connectivity index (χ2n) is 7.31. The highest BCUT2D eigenvalue weighted by molar-refractivity contribution is 5.92. The summed E-state index contributed by atoms with van der Waals surface area (Å²) in [6.45, 7) is 4.03. The van der Waals surface area contributed by atoms with E-state index in [1.165, 1.54) is 18.5 Å². The predicted octanol–water partition coefficient (Wildman–Crippen LogP) is 4.61. The smallest absolute Gasteiger partial charge is 0.346 e. The molecule has 28 heavy (non-hydrogen) atoms. The number of esters is 1. The number of rotatable bonds is 3. The van der Waals surface area contributed by atoms with Gasteiger partial charge in [-0.2, -0.15) is 0 Å². The Kier molecular flexibility index (Phi) is 4.55. The molecular weight excluding hydrogens is 359 g/mol. The van der Waals surface area contributed by atoms with Crippen molar-refractivity contribution in [3.63, 3.8) is 0 Å². The fourth-order valence-electron chi connectivity index (χ4n) is 3.22. The number of nitrogens with zero attached hydrogens (tertiary/aromatic N) is 2. The van der Waals surface area contributed by atoms with Crippen LogP contribution >= 0.6 is 0 Å². The van der Waals surface area contributed by atoms with Gasteiger partial charge in [-0.3, -0.25) is 0 Å². The van der Waals surface area contributed by atoms with Gasteiger partial charge in [-0.1, -0.05) is 12.1 Å². The first-order valence-corrected chi connectivity index (χ1v) is 9.01. The van der Waals surface area contributed by atoms with Crippen LogP contribution in [0.15, 0.2) is 55.1 Å². The lowest BCUT2D eigenvalue weighted by atomic mass is 9.94. The normalized spacial score (nSPS) is 14.7. The van der Waals surface area contributed by atoms with Gasteiger partial charge in [0.05, 0.1) is 5.56 Å². The Hall–Kier alpha value is -3.28. The number of hydrogen-bond acceptors (Lipinski definition) is 5. The Balaban J connectivity index is 1.58. The van der Waals surface area contributed by atoms with Gasteiger partial charge in [0.25, 0.3) is 0 Å². The Morgan fingerprint density at radius 3 is 2.68 bits per heavy atom. The molecule has 0 atom stereocenters. The van der Waals surface area contributed by atoms with Crippen LogP contribution in [0.5, 0.6) is 11.5 Å². The average molecular weight is 378 g/mol. The van der Waals surface area contributed by atoms with Gasteiger partial charge in [-0.05, 0) is 56.5 Å². The van der Waals surface area contributed by atoms with Crippen molar-refractivity contribution in [1.82, 2.24) is 9.97 Å². The van der Waals surface area contributed by atoms with Gasteiger partial charge in [0.2, 0.25) is 0 Å². The van der Waals surface area contributed by atoms with Gasteiger partial charge in [0.1, 0.15) is 29.2 Å².